The number of esters is 1. The summed E-state index contributed by atoms with van der Waals surface area (Å²) in [5.74, 6) is 0.0287. The molecular weight excluding hydrogens is 364 g/mol. The number of rotatable bonds is 5. The van der Waals surface area contributed by atoms with Gasteiger partial charge in [0.25, 0.3) is 0 Å². The lowest BCUT2D eigenvalue weighted by Crippen LogP contribution is -2.05. The van der Waals surface area contributed by atoms with Crippen molar-refractivity contribution in [3.8, 4) is 22.6 Å². The first-order valence-electron chi connectivity index (χ1n) is 9.70. The van der Waals surface area contributed by atoms with Crippen molar-refractivity contribution in [2.75, 3.05) is 6.61 Å². The lowest BCUT2D eigenvalue weighted by Gasteiger charge is -2.14. The van der Waals surface area contributed by atoms with E-state index in [1.165, 1.54) is 0 Å². The highest BCUT2D eigenvalue weighted by Crippen LogP contribution is 2.44. The maximum atomic E-state index is 11.6. The topological polar surface area (TPSA) is 66.8 Å². The van der Waals surface area contributed by atoms with Gasteiger partial charge in [-0.1, -0.05) is 54.6 Å². The fourth-order valence-electron chi connectivity index (χ4n) is 3.79. The average Bonchev–Trinajstić information content (AvgIpc) is 2.73. The van der Waals surface area contributed by atoms with Gasteiger partial charge in [0.15, 0.2) is 0 Å². The molecule has 0 aliphatic rings. The van der Waals surface area contributed by atoms with Crippen LogP contribution < -0.4 is 0 Å². The Morgan fingerprint density at radius 2 is 1.48 bits per heavy atom. The van der Waals surface area contributed by atoms with E-state index >= 15 is 0 Å². The van der Waals surface area contributed by atoms with E-state index < -0.39 is 0 Å². The van der Waals surface area contributed by atoms with E-state index in [0.717, 1.165) is 27.1 Å². The molecule has 4 rings (SSSR count). The van der Waals surface area contributed by atoms with Crippen molar-refractivity contribution in [3.05, 3.63) is 72.3 Å². The van der Waals surface area contributed by atoms with Crippen LogP contribution in [-0.4, -0.2) is 22.8 Å². The summed E-state index contributed by atoms with van der Waals surface area (Å²) in [6.45, 7) is 2.18. The maximum absolute atomic E-state index is 11.6. The lowest BCUT2D eigenvalue weighted by molar-refractivity contribution is -0.143. The second kappa shape index (κ2) is 7.84. The van der Waals surface area contributed by atoms with E-state index in [1.54, 1.807) is 19.1 Å². The summed E-state index contributed by atoms with van der Waals surface area (Å²) in [6, 6.07) is 20.7. The molecule has 29 heavy (non-hydrogen) atoms. The smallest absolute Gasteiger partial charge is 0.306 e. The Hall–Kier alpha value is -3.53. The van der Waals surface area contributed by atoms with Crippen molar-refractivity contribution in [1.82, 2.24) is 0 Å². The zero-order valence-electron chi connectivity index (χ0n) is 16.2. The number of benzene rings is 4. The fourth-order valence-corrected chi connectivity index (χ4v) is 3.79. The molecule has 0 aliphatic heterocycles. The van der Waals surface area contributed by atoms with Crippen molar-refractivity contribution >= 4 is 27.5 Å². The van der Waals surface area contributed by atoms with E-state index in [1.807, 2.05) is 54.6 Å². The molecule has 0 spiro atoms. The summed E-state index contributed by atoms with van der Waals surface area (Å²) in [7, 11) is 0. The minimum absolute atomic E-state index is 0.114. The summed E-state index contributed by atoms with van der Waals surface area (Å²) in [6.07, 6.45) is 0.916. The van der Waals surface area contributed by atoms with Gasteiger partial charge in [-0.2, -0.15) is 0 Å². The van der Waals surface area contributed by atoms with E-state index in [2.05, 4.69) is 0 Å². The van der Waals surface area contributed by atoms with Crippen LogP contribution in [0.15, 0.2) is 66.7 Å². The third kappa shape index (κ3) is 3.61. The van der Waals surface area contributed by atoms with Crippen LogP contribution in [0.2, 0.25) is 0 Å². The van der Waals surface area contributed by atoms with Crippen LogP contribution in [0.4, 0.5) is 0 Å². The monoisotopic (exact) mass is 386 g/mol. The Bertz CT molecular complexity index is 1210. The molecule has 146 valence electrons. The average molecular weight is 386 g/mol. The van der Waals surface area contributed by atoms with E-state index in [0.29, 0.717) is 30.6 Å². The maximum Gasteiger partial charge on any atom is 0.306 e. The quantitative estimate of drug-likeness (QED) is 0.440. The van der Waals surface area contributed by atoms with Gasteiger partial charge < -0.3 is 14.9 Å². The predicted octanol–water partition coefficient (Wildman–Crippen LogP) is 5.57. The molecule has 0 aliphatic carbocycles. The Labute approximate surface area is 169 Å². The minimum atomic E-state index is -0.209. The van der Waals surface area contributed by atoms with Gasteiger partial charge in [0, 0.05) is 17.5 Å². The van der Waals surface area contributed by atoms with Crippen LogP contribution >= 0.6 is 0 Å². The molecule has 0 amide bonds. The zero-order valence-corrected chi connectivity index (χ0v) is 16.2. The Kier molecular flexibility index (Phi) is 5.09. The Morgan fingerprint density at radius 3 is 2.21 bits per heavy atom. The molecule has 0 atom stereocenters. The van der Waals surface area contributed by atoms with Gasteiger partial charge in [-0.25, -0.2) is 0 Å². The standard InChI is InChI=1S/C25H22O4/c1-2-29-23(28)14-8-16-7-11-20-18(15-16)10-13-22(27)25(20)24-19-6-4-3-5-17(19)9-12-21(24)26/h3-7,9-13,15,26-27H,2,8,14H2,1H3. The van der Waals surface area contributed by atoms with Crippen molar-refractivity contribution < 1.29 is 19.7 Å². The summed E-state index contributed by atoms with van der Waals surface area (Å²) >= 11 is 0. The Balaban J connectivity index is 1.83. The van der Waals surface area contributed by atoms with Crippen molar-refractivity contribution in [1.29, 1.82) is 0 Å². The largest absolute Gasteiger partial charge is 0.507 e. The molecule has 0 saturated heterocycles. The molecule has 0 unspecified atom stereocenters. The number of carbonyl (C=O) groups excluding carboxylic acids is 1. The van der Waals surface area contributed by atoms with Crippen LogP contribution in [0, 0.1) is 0 Å². The number of ether oxygens (including phenoxy) is 1. The summed E-state index contributed by atoms with van der Waals surface area (Å²) in [4.78, 5) is 11.6. The molecule has 2 N–H and O–H groups in total. The van der Waals surface area contributed by atoms with Crippen molar-refractivity contribution in [3.63, 3.8) is 0 Å². The van der Waals surface area contributed by atoms with Gasteiger partial charge in [0.05, 0.1) is 6.61 Å². The molecule has 4 nitrogen and oxygen atoms in total. The number of phenols is 2. The highest BCUT2D eigenvalue weighted by molar-refractivity contribution is 6.09. The molecule has 4 aromatic carbocycles. The van der Waals surface area contributed by atoms with Crippen LogP contribution in [-0.2, 0) is 16.0 Å². The number of hydrogen-bond donors (Lipinski definition) is 2. The molecule has 0 radical (unpaired) electrons. The van der Waals surface area contributed by atoms with Crippen molar-refractivity contribution in [2.24, 2.45) is 0 Å². The number of aryl methyl sites for hydroxylation is 1. The van der Waals surface area contributed by atoms with Crippen LogP contribution in [0.5, 0.6) is 11.5 Å². The van der Waals surface area contributed by atoms with Gasteiger partial charge in [-0.3, -0.25) is 4.79 Å². The number of aromatic hydroxyl groups is 2. The first kappa shape index (κ1) is 18.8. The van der Waals surface area contributed by atoms with E-state index in [-0.39, 0.29) is 17.5 Å². The number of hydrogen-bond acceptors (Lipinski definition) is 4. The van der Waals surface area contributed by atoms with Gasteiger partial charge >= 0.3 is 5.97 Å². The molecular formula is C25H22O4. The SMILES string of the molecule is CCOC(=O)CCc1ccc2c(-c3c(O)ccc4ccccc34)c(O)ccc2c1. The minimum Gasteiger partial charge on any atom is -0.507 e. The second-order valence-electron chi connectivity index (χ2n) is 7.00. The summed E-state index contributed by atoms with van der Waals surface area (Å²) in [5.41, 5.74) is 2.24. The Morgan fingerprint density at radius 1 is 0.828 bits per heavy atom. The van der Waals surface area contributed by atoms with Crippen molar-refractivity contribution in [2.45, 2.75) is 19.8 Å². The second-order valence-corrected chi connectivity index (χ2v) is 7.00. The molecule has 0 heterocycles. The fraction of sp³-hybridized carbons (Fsp3) is 0.160. The molecule has 0 aromatic heterocycles. The zero-order chi connectivity index (χ0) is 20.4. The first-order chi connectivity index (χ1) is 14.1. The predicted molar refractivity (Wildman–Crippen MR) is 115 cm³/mol. The highest BCUT2D eigenvalue weighted by Gasteiger charge is 2.17. The van der Waals surface area contributed by atoms with Gasteiger partial charge in [-0.15, -0.1) is 0 Å². The van der Waals surface area contributed by atoms with Crippen LogP contribution in [0.25, 0.3) is 32.7 Å². The number of carbonyl (C=O) groups is 1. The molecule has 0 fully saturated rings. The van der Waals surface area contributed by atoms with Crippen LogP contribution in [0.1, 0.15) is 18.9 Å². The third-order valence-electron chi connectivity index (χ3n) is 5.14. The number of fused-ring (bicyclic) bond motifs is 2. The first-order valence-corrected chi connectivity index (χ1v) is 9.70. The third-order valence-corrected chi connectivity index (χ3v) is 5.14. The van der Waals surface area contributed by atoms with E-state index in [4.69, 9.17) is 4.74 Å². The number of phenolic OH excluding ortho intramolecular Hbond substituents is 2. The van der Waals surface area contributed by atoms with Gasteiger partial charge in [0.2, 0.25) is 0 Å². The lowest BCUT2D eigenvalue weighted by atomic mass is 9.91. The summed E-state index contributed by atoms with van der Waals surface area (Å²) < 4.78 is 5.00. The van der Waals surface area contributed by atoms with Gasteiger partial charge in [-0.05, 0) is 52.6 Å². The summed E-state index contributed by atoms with van der Waals surface area (Å²) in [5, 5.41) is 25.0. The highest BCUT2D eigenvalue weighted by atomic mass is 16.5. The molecule has 0 saturated carbocycles. The van der Waals surface area contributed by atoms with Crippen LogP contribution in [0.3, 0.4) is 0 Å². The molecule has 4 heteroatoms. The van der Waals surface area contributed by atoms with Gasteiger partial charge in [0.1, 0.15) is 11.5 Å². The normalized spacial score (nSPS) is 11.1. The molecule has 0 bridgehead atoms. The van der Waals surface area contributed by atoms with E-state index in [9.17, 15) is 15.0 Å². The molecule has 4 aromatic rings.